The molecule has 2 aromatic rings. The standard InChI is InChI=1S/C6H6N4O2S.Ag/c7-13(11,12)5-3-1-2-4-6(5)9-10-8-4;/h1-3H,(H2,7,11,12)(H,8,9,10);. The van der Waals surface area contributed by atoms with Crippen LogP contribution in [0.2, 0.25) is 0 Å². The molecule has 0 aliphatic rings. The van der Waals surface area contributed by atoms with E-state index in [1.807, 2.05) is 0 Å². The summed E-state index contributed by atoms with van der Waals surface area (Å²) in [4.78, 5) is -0.0150. The van der Waals surface area contributed by atoms with Gasteiger partial charge < -0.3 is 0 Å². The molecule has 0 bridgehead atoms. The molecule has 2 rings (SSSR count). The number of rotatable bonds is 1. The van der Waals surface area contributed by atoms with Gasteiger partial charge in [0.1, 0.15) is 10.4 Å². The largest absolute Gasteiger partial charge is 0.257 e. The van der Waals surface area contributed by atoms with Crippen LogP contribution in [-0.4, -0.2) is 23.8 Å². The first-order valence-corrected chi connectivity index (χ1v) is 4.96. The summed E-state index contributed by atoms with van der Waals surface area (Å²) in [6.07, 6.45) is 0. The van der Waals surface area contributed by atoms with Gasteiger partial charge in [0.2, 0.25) is 10.0 Å². The predicted octanol–water partition coefficient (Wildman–Crippen LogP) is -0.397. The van der Waals surface area contributed by atoms with E-state index in [1.165, 1.54) is 6.07 Å². The van der Waals surface area contributed by atoms with Crippen molar-refractivity contribution >= 4 is 21.1 Å². The minimum absolute atomic E-state index is 0. The van der Waals surface area contributed by atoms with Gasteiger partial charge in [-0.1, -0.05) is 11.3 Å². The maximum Gasteiger partial charge on any atom is 0.240 e. The molecule has 0 spiro atoms. The first kappa shape index (κ1) is 11.3. The Morgan fingerprint density at radius 1 is 1.36 bits per heavy atom. The molecule has 8 heteroatoms. The number of sulfonamides is 1. The van der Waals surface area contributed by atoms with Gasteiger partial charge in [-0.3, -0.25) is 5.10 Å². The van der Waals surface area contributed by atoms with Crippen LogP contribution in [0, 0.1) is 0 Å². The van der Waals surface area contributed by atoms with Gasteiger partial charge in [-0.05, 0) is 12.1 Å². The third-order valence-corrected chi connectivity index (χ3v) is 2.57. The number of hydrogen-bond acceptors (Lipinski definition) is 4. The molecule has 0 unspecified atom stereocenters. The minimum Gasteiger partial charge on any atom is -0.257 e. The monoisotopic (exact) mass is 305 g/mol. The van der Waals surface area contributed by atoms with Crippen molar-refractivity contribution in [2.24, 2.45) is 5.14 Å². The fourth-order valence-electron chi connectivity index (χ4n) is 1.07. The molecule has 0 aliphatic carbocycles. The summed E-state index contributed by atoms with van der Waals surface area (Å²) < 4.78 is 22.1. The van der Waals surface area contributed by atoms with Crippen LogP contribution in [0.5, 0.6) is 0 Å². The zero-order chi connectivity index (χ0) is 9.47. The van der Waals surface area contributed by atoms with Crippen LogP contribution in [-0.2, 0) is 32.4 Å². The van der Waals surface area contributed by atoms with Crippen molar-refractivity contribution in [2.75, 3.05) is 0 Å². The number of nitrogens with two attached hydrogens (primary N) is 1. The van der Waals surface area contributed by atoms with Gasteiger partial charge in [-0.25, -0.2) is 13.6 Å². The van der Waals surface area contributed by atoms with Crippen molar-refractivity contribution in [1.29, 1.82) is 0 Å². The van der Waals surface area contributed by atoms with E-state index in [1.54, 1.807) is 12.1 Å². The van der Waals surface area contributed by atoms with Gasteiger partial charge in [0, 0.05) is 22.4 Å². The third-order valence-electron chi connectivity index (χ3n) is 1.63. The maximum absolute atomic E-state index is 11.0. The Hall–Kier alpha value is -0.730. The second kappa shape index (κ2) is 3.79. The Balaban J connectivity index is 0.000000980. The van der Waals surface area contributed by atoms with Crippen LogP contribution in [0.4, 0.5) is 0 Å². The summed E-state index contributed by atoms with van der Waals surface area (Å²) >= 11 is 0. The SMILES string of the molecule is NS(=O)(=O)c1cccc2[nH]nnc12.[Ag]. The van der Waals surface area contributed by atoms with Crippen molar-refractivity contribution in [3.63, 3.8) is 0 Å². The topological polar surface area (TPSA) is 102 Å². The fourth-order valence-corrected chi connectivity index (χ4v) is 1.76. The van der Waals surface area contributed by atoms with E-state index in [4.69, 9.17) is 5.14 Å². The van der Waals surface area contributed by atoms with Crippen LogP contribution in [0.25, 0.3) is 11.0 Å². The summed E-state index contributed by atoms with van der Waals surface area (Å²) in [5, 5.41) is 14.6. The van der Waals surface area contributed by atoms with Crippen molar-refractivity contribution < 1.29 is 30.8 Å². The molecule has 0 aliphatic heterocycles. The molecule has 0 fully saturated rings. The van der Waals surface area contributed by atoms with Gasteiger partial charge in [-0.2, -0.15) is 0 Å². The van der Waals surface area contributed by atoms with Gasteiger partial charge >= 0.3 is 0 Å². The normalized spacial score (nSPS) is 11.2. The first-order chi connectivity index (χ1) is 6.09. The molecule has 79 valence electrons. The second-order valence-electron chi connectivity index (χ2n) is 2.51. The molecule has 1 heterocycles. The van der Waals surface area contributed by atoms with Crippen LogP contribution in [0.1, 0.15) is 0 Å². The van der Waals surface area contributed by atoms with Crippen LogP contribution in [0.15, 0.2) is 23.1 Å². The number of H-pyrrole nitrogens is 1. The predicted molar refractivity (Wildman–Crippen MR) is 45.3 cm³/mol. The van der Waals surface area contributed by atoms with Gasteiger partial charge in [-0.15, -0.1) is 5.10 Å². The first-order valence-electron chi connectivity index (χ1n) is 3.41. The van der Waals surface area contributed by atoms with Crippen LogP contribution >= 0.6 is 0 Å². The number of benzene rings is 1. The molecule has 0 saturated heterocycles. The Bertz CT molecular complexity index is 550. The molecule has 3 N–H and O–H groups in total. The molecule has 6 nitrogen and oxygen atoms in total. The van der Waals surface area contributed by atoms with E-state index in [-0.39, 0.29) is 32.8 Å². The molecule has 0 amide bonds. The van der Waals surface area contributed by atoms with E-state index >= 15 is 0 Å². The van der Waals surface area contributed by atoms with Crippen molar-refractivity contribution in [1.82, 2.24) is 15.4 Å². The molecular weight excluding hydrogens is 300 g/mol. The smallest absolute Gasteiger partial charge is 0.240 e. The number of hydrogen-bond donors (Lipinski definition) is 2. The van der Waals surface area contributed by atoms with Gasteiger partial charge in [0.15, 0.2) is 0 Å². The molecule has 0 atom stereocenters. The number of aromatic amines is 1. The summed E-state index contributed by atoms with van der Waals surface area (Å²) in [5.41, 5.74) is 0.816. The number of nitrogens with zero attached hydrogens (tertiary/aromatic N) is 2. The third kappa shape index (κ3) is 1.86. The Labute approximate surface area is 95.4 Å². The van der Waals surface area contributed by atoms with E-state index in [0.29, 0.717) is 5.52 Å². The number of aromatic nitrogens is 3. The average Bonchev–Trinajstić information content (AvgIpc) is 2.48. The van der Waals surface area contributed by atoms with Crippen LogP contribution in [0.3, 0.4) is 0 Å². The average molecular weight is 306 g/mol. The van der Waals surface area contributed by atoms with Crippen molar-refractivity contribution in [3.05, 3.63) is 18.2 Å². The zero-order valence-electron chi connectivity index (χ0n) is 6.73. The van der Waals surface area contributed by atoms with Crippen molar-refractivity contribution in [2.45, 2.75) is 4.90 Å². The quantitative estimate of drug-likeness (QED) is 0.700. The maximum atomic E-state index is 11.0. The summed E-state index contributed by atoms with van der Waals surface area (Å²) in [7, 11) is -3.72. The Morgan fingerprint density at radius 2 is 2.07 bits per heavy atom. The minimum atomic E-state index is -3.72. The summed E-state index contributed by atoms with van der Waals surface area (Å²) in [6, 6.07) is 4.63. The number of fused-ring (bicyclic) bond motifs is 1. The molecule has 14 heavy (non-hydrogen) atoms. The summed E-state index contributed by atoms with van der Waals surface area (Å²) in [5.74, 6) is 0. The fraction of sp³-hybridized carbons (Fsp3) is 0. The van der Waals surface area contributed by atoms with E-state index in [0.717, 1.165) is 0 Å². The van der Waals surface area contributed by atoms with E-state index in [9.17, 15) is 8.42 Å². The Morgan fingerprint density at radius 3 is 2.71 bits per heavy atom. The molecule has 1 radical (unpaired) electrons. The molecule has 1 aromatic heterocycles. The molecule has 0 saturated carbocycles. The second-order valence-corrected chi connectivity index (χ2v) is 4.04. The van der Waals surface area contributed by atoms with E-state index in [2.05, 4.69) is 15.4 Å². The van der Waals surface area contributed by atoms with E-state index < -0.39 is 10.0 Å². The zero-order valence-corrected chi connectivity index (χ0v) is 9.03. The number of primary sulfonamides is 1. The van der Waals surface area contributed by atoms with Gasteiger partial charge in [0.05, 0.1) is 5.52 Å². The molecular formula is C6H6AgN4O2S. The number of nitrogens with one attached hydrogen (secondary N) is 1. The van der Waals surface area contributed by atoms with Crippen molar-refractivity contribution in [3.8, 4) is 0 Å². The molecule has 1 aromatic carbocycles. The summed E-state index contributed by atoms with van der Waals surface area (Å²) in [6.45, 7) is 0. The Kier molecular flexibility index (Phi) is 3.07. The van der Waals surface area contributed by atoms with Gasteiger partial charge in [0.25, 0.3) is 0 Å². The van der Waals surface area contributed by atoms with Crippen LogP contribution < -0.4 is 5.14 Å².